The summed E-state index contributed by atoms with van der Waals surface area (Å²) in [5.41, 5.74) is 1.45. The van der Waals surface area contributed by atoms with E-state index in [2.05, 4.69) is 20.8 Å². The molecule has 0 radical (unpaired) electrons. The van der Waals surface area contributed by atoms with Crippen LogP contribution in [0.25, 0.3) is 0 Å². The number of fused-ring (bicyclic) bond motifs is 1. The zero-order valence-corrected chi connectivity index (χ0v) is 20.0. The van der Waals surface area contributed by atoms with E-state index in [9.17, 15) is 9.59 Å². The van der Waals surface area contributed by atoms with E-state index in [0.717, 1.165) is 30.6 Å². The van der Waals surface area contributed by atoms with Crippen molar-refractivity contribution in [3.05, 3.63) is 41.2 Å². The number of Topliss-reactive ketones (excluding diaryl/α,β-unsaturated/α-hetero) is 1. The Balaban J connectivity index is 1.73. The predicted molar refractivity (Wildman–Crippen MR) is 123 cm³/mol. The second kappa shape index (κ2) is 9.26. The van der Waals surface area contributed by atoms with Crippen LogP contribution in [0.3, 0.4) is 0 Å². The first-order valence-corrected chi connectivity index (χ1v) is 11.9. The van der Waals surface area contributed by atoms with E-state index in [1.54, 1.807) is 0 Å². The molecule has 0 spiro atoms. The molecular formula is C26H36N2O4. The van der Waals surface area contributed by atoms with Crippen molar-refractivity contribution in [3.63, 3.8) is 0 Å². The predicted octanol–water partition coefficient (Wildman–Crippen LogP) is 3.82. The van der Waals surface area contributed by atoms with Crippen molar-refractivity contribution in [1.29, 1.82) is 0 Å². The van der Waals surface area contributed by atoms with Gasteiger partial charge in [0.05, 0.1) is 24.1 Å². The number of carbonyl (C=O) groups excluding carboxylic acids is 2. The first-order chi connectivity index (χ1) is 15.3. The number of ketones is 1. The van der Waals surface area contributed by atoms with Gasteiger partial charge in [-0.1, -0.05) is 32.9 Å². The summed E-state index contributed by atoms with van der Waals surface area (Å²) in [6.45, 7) is 8.37. The van der Waals surface area contributed by atoms with Gasteiger partial charge in [0.2, 0.25) is 0 Å². The van der Waals surface area contributed by atoms with Crippen molar-refractivity contribution in [2.24, 2.45) is 17.8 Å². The van der Waals surface area contributed by atoms with Crippen molar-refractivity contribution in [1.82, 2.24) is 9.80 Å². The van der Waals surface area contributed by atoms with E-state index in [1.165, 1.54) is 0 Å². The summed E-state index contributed by atoms with van der Waals surface area (Å²) in [4.78, 5) is 31.2. The quantitative estimate of drug-likeness (QED) is 0.645. The smallest absolute Gasteiger partial charge is 0.290 e. The molecule has 5 unspecified atom stereocenters. The fourth-order valence-corrected chi connectivity index (χ4v) is 5.19. The average molecular weight is 441 g/mol. The maximum absolute atomic E-state index is 13.8. The Bertz CT molecular complexity index is 909. The summed E-state index contributed by atoms with van der Waals surface area (Å²) < 4.78 is 12.2. The molecular weight excluding hydrogens is 404 g/mol. The molecule has 4 rings (SSSR count). The zero-order valence-electron chi connectivity index (χ0n) is 20.0. The number of benzene rings is 1. The minimum absolute atomic E-state index is 0.0978. The molecule has 0 N–H and O–H groups in total. The molecule has 1 aromatic carbocycles. The SMILES string of the molecule is CCCOc1cccc(C2C3=C(OC4CC(C)C(C)CC4C3=O)C(=O)N2CCN(C)C)c1. The van der Waals surface area contributed by atoms with Crippen molar-refractivity contribution < 1.29 is 19.1 Å². The first kappa shape index (κ1) is 22.8. The van der Waals surface area contributed by atoms with Crippen LogP contribution in [0.5, 0.6) is 5.75 Å². The summed E-state index contributed by atoms with van der Waals surface area (Å²) >= 11 is 0. The molecule has 2 aliphatic heterocycles. The van der Waals surface area contributed by atoms with Gasteiger partial charge in [-0.2, -0.15) is 0 Å². The van der Waals surface area contributed by atoms with E-state index in [0.29, 0.717) is 37.1 Å². The molecule has 2 heterocycles. The number of likely N-dealkylation sites (N-methyl/N-ethyl adjacent to an activating group) is 1. The van der Waals surface area contributed by atoms with E-state index < -0.39 is 6.04 Å². The Labute approximate surface area is 191 Å². The van der Waals surface area contributed by atoms with E-state index in [4.69, 9.17) is 9.47 Å². The lowest BCUT2D eigenvalue weighted by atomic mass is 9.70. The Hall–Kier alpha value is -2.34. The highest BCUT2D eigenvalue weighted by atomic mass is 16.5. The van der Waals surface area contributed by atoms with E-state index in [1.807, 2.05) is 48.2 Å². The molecule has 1 aliphatic carbocycles. The second-order valence-electron chi connectivity index (χ2n) is 9.92. The van der Waals surface area contributed by atoms with Crippen LogP contribution in [0.2, 0.25) is 0 Å². The first-order valence-electron chi connectivity index (χ1n) is 11.9. The van der Waals surface area contributed by atoms with Crippen LogP contribution in [-0.2, 0) is 14.3 Å². The van der Waals surface area contributed by atoms with Crippen LogP contribution in [-0.4, -0.2) is 61.4 Å². The van der Waals surface area contributed by atoms with Crippen LogP contribution in [0.1, 0.15) is 51.6 Å². The molecule has 5 atom stereocenters. The highest BCUT2D eigenvalue weighted by Crippen LogP contribution is 2.48. The molecule has 0 bridgehead atoms. The Morgan fingerprint density at radius 2 is 1.91 bits per heavy atom. The van der Waals surface area contributed by atoms with Gasteiger partial charge >= 0.3 is 0 Å². The standard InChI is InChI=1S/C26H36N2O4/c1-6-12-31-19-9-7-8-18(15-19)23-22-24(29)20-13-16(2)17(3)14-21(20)32-25(22)26(30)28(23)11-10-27(4)5/h7-9,15-17,20-21,23H,6,10-14H2,1-5H3. The Morgan fingerprint density at radius 3 is 2.62 bits per heavy atom. The fourth-order valence-electron chi connectivity index (χ4n) is 5.19. The minimum atomic E-state index is -0.425. The van der Waals surface area contributed by atoms with E-state index in [-0.39, 0.29) is 29.5 Å². The number of carbonyl (C=O) groups is 2. The molecule has 32 heavy (non-hydrogen) atoms. The normalized spacial score (nSPS) is 29.8. The van der Waals surface area contributed by atoms with Crippen molar-refractivity contribution in [2.45, 2.75) is 52.2 Å². The molecule has 1 aromatic rings. The van der Waals surface area contributed by atoms with Crippen LogP contribution in [0.15, 0.2) is 35.6 Å². The fraction of sp³-hybridized carbons (Fsp3) is 0.615. The minimum Gasteiger partial charge on any atom is -0.494 e. The summed E-state index contributed by atoms with van der Waals surface area (Å²) in [5, 5.41) is 0. The molecule has 1 fully saturated rings. The average Bonchev–Trinajstić information content (AvgIpc) is 3.04. The summed E-state index contributed by atoms with van der Waals surface area (Å²) in [6.07, 6.45) is 2.37. The lowest BCUT2D eigenvalue weighted by Crippen LogP contribution is -2.43. The topological polar surface area (TPSA) is 59.1 Å². The van der Waals surface area contributed by atoms with Crippen LogP contribution in [0, 0.1) is 17.8 Å². The largest absolute Gasteiger partial charge is 0.494 e. The number of amides is 1. The summed E-state index contributed by atoms with van der Waals surface area (Å²) in [6, 6.07) is 7.40. The number of rotatable bonds is 7. The van der Waals surface area contributed by atoms with Crippen molar-refractivity contribution in [2.75, 3.05) is 33.8 Å². The molecule has 0 saturated heterocycles. The third kappa shape index (κ3) is 4.17. The highest BCUT2D eigenvalue weighted by Gasteiger charge is 2.53. The highest BCUT2D eigenvalue weighted by molar-refractivity contribution is 6.11. The van der Waals surface area contributed by atoms with Crippen LogP contribution >= 0.6 is 0 Å². The van der Waals surface area contributed by atoms with Crippen molar-refractivity contribution >= 4 is 11.7 Å². The maximum atomic E-state index is 13.8. The number of hydrogen-bond acceptors (Lipinski definition) is 5. The third-order valence-corrected chi connectivity index (χ3v) is 7.24. The molecule has 3 aliphatic rings. The zero-order chi connectivity index (χ0) is 23.0. The molecule has 174 valence electrons. The molecule has 1 saturated carbocycles. The molecule has 6 heteroatoms. The Kier molecular flexibility index (Phi) is 6.61. The summed E-state index contributed by atoms with van der Waals surface area (Å²) in [5.74, 6) is 1.77. The lowest BCUT2D eigenvalue weighted by molar-refractivity contribution is -0.137. The van der Waals surface area contributed by atoms with Gasteiger partial charge in [-0.25, -0.2) is 0 Å². The van der Waals surface area contributed by atoms with Gasteiger partial charge in [0.1, 0.15) is 11.9 Å². The molecule has 6 nitrogen and oxygen atoms in total. The molecule has 0 aromatic heterocycles. The van der Waals surface area contributed by atoms with Gasteiger partial charge in [0.25, 0.3) is 5.91 Å². The van der Waals surface area contributed by atoms with Crippen LogP contribution < -0.4 is 4.74 Å². The van der Waals surface area contributed by atoms with Crippen molar-refractivity contribution in [3.8, 4) is 5.75 Å². The maximum Gasteiger partial charge on any atom is 0.290 e. The monoisotopic (exact) mass is 440 g/mol. The third-order valence-electron chi connectivity index (χ3n) is 7.24. The van der Waals surface area contributed by atoms with Gasteiger partial charge < -0.3 is 19.3 Å². The number of nitrogens with zero attached hydrogens (tertiary/aromatic N) is 2. The number of ether oxygens (including phenoxy) is 2. The van der Waals surface area contributed by atoms with Gasteiger partial charge in [-0.3, -0.25) is 9.59 Å². The van der Waals surface area contributed by atoms with Gasteiger partial charge in [0, 0.05) is 13.1 Å². The van der Waals surface area contributed by atoms with E-state index >= 15 is 0 Å². The molecule has 1 amide bonds. The number of hydrogen-bond donors (Lipinski definition) is 0. The van der Waals surface area contributed by atoms with Crippen LogP contribution in [0.4, 0.5) is 0 Å². The lowest BCUT2D eigenvalue weighted by Gasteiger charge is -2.40. The second-order valence-corrected chi connectivity index (χ2v) is 9.92. The van der Waals surface area contributed by atoms with Gasteiger partial charge in [0.15, 0.2) is 11.5 Å². The van der Waals surface area contributed by atoms with Gasteiger partial charge in [-0.15, -0.1) is 0 Å². The summed E-state index contributed by atoms with van der Waals surface area (Å²) in [7, 11) is 3.97. The Morgan fingerprint density at radius 1 is 1.16 bits per heavy atom. The van der Waals surface area contributed by atoms with Gasteiger partial charge in [-0.05, 0) is 62.9 Å².